The number of anilines is 1. The molecule has 3 rings (SSSR count). The molecule has 0 bridgehead atoms. The first-order valence-corrected chi connectivity index (χ1v) is 8.32. The summed E-state index contributed by atoms with van der Waals surface area (Å²) >= 11 is 0. The quantitative estimate of drug-likeness (QED) is 0.878. The summed E-state index contributed by atoms with van der Waals surface area (Å²) in [6, 6.07) is 3.29. The van der Waals surface area contributed by atoms with E-state index in [9.17, 15) is 4.39 Å². The second kappa shape index (κ2) is 5.46. The zero-order valence-corrected chi connectivity index (χ0v) is 15.2. The second-order valence-electron chi connectivity index (χ2n) is 7.93. The van der Waals surface area contributed by atoms with Gasteiger partial charge in [0.15, 0.2) is 5.82 Å². The standard InChI is InChI=1S/C17H25BFN3O2/c1-10(2)9-22-13-8-11(7-12(19)14(13)21-15(22)20)18-23-16(3,4)17(5,6)24-18/h7-8,10H,9H2,1-6H3,(H2,20,21). The number of nitrogen functional groups attached to an aromatic ring is 1. The van der Waals surface area contributed by atoms with Crippen LogP contribution in [0, 0.1) is 11.7 Å². The largest absolute Gasteiger partial charge is 0.495 e. The van der Waals surface area contributed by atoms with E-state index in [1.807, 2.05) is 38.3 Å². The molecule has 7 heteroatoms. The molecule has 2 N–H and O–H groups in total. The third-order valence-electron chi connectivity index (χ3n) is 4.93. The van der Waals surface area contributed by atoms with Crippen molar-refractivity contribution in [2.45, 2.75) is 59.3 Å². The predicted molar refractivity (Wildman–Crippen MR) is 94.7 cm³/mol. The van der Waals surface area contributed by atoms with Gasteiger partial charge < -0.3 is 19.6 Å². The van der Waals surface area contributed by atoms with Gasteiger partial charge in [0.2, 0.25) is 5.95 Å². The van der Waals surface area contributed by atoms with E-state index in [1.165, 1.54) is 6.07 Å². The Morgan fingerprint density at radius 2 is 1.79 bits per heavy atom. The molecule has 0 atom stereocenters. The number of fused-ring (bicyclic) bond motifs is 1. The summed E-state index contributed by atoms with van der Waals surface area (Å²) in [7, 11) is -0.613. The average Bonchev–Trinajstić information content (AvgIpc) is 2.85. The Labute approximate surface area is 142 Å². The van der Waals surface area contributed by atoms with Crippen LogP contribution >= 0.6 is 0 Å². The van der Waals surface area contributed by atoms with E-state index in [1.54, 1.807) is 0 Å². The number of halogens is 1. The van der Waals surface area contributed by atoms with Crippen LogP contribution in [0.5, 0.6) is 0 Å². The van der Waals surface area contributed by atoms with E-state index in [2.05, 4.69) is 18.8 Å². The number of nitrogens with zero attached hydrogens (tertiary/aromatic N) is 2. The Hall–Kier alpha value is -1.60. The Kier molecular flexibility index (Phi) is 3.92. The molecule has 0 saturated carbocycles. The molecule has 1 aromatic heterocycles. The molecular weight excluding hydrogens is 308 g/mol. The monoisotopic (exact) mass is 333 g/mol. The van der Waals surface area contributed by atoms with E-state index in [-0.39, 0.29) is 5.52 Å². The van der Waals surface area contributed by atoms with Gasteiger partial charge in [0, 0.05) is 6.54 Å². The highest BCUT2D eigenvalue weighted by Crippen LogP contribution is 2.36. The molecular formula is C17H25BFN3O2. The fourth-order valence-corrected chi connectivity index (χ4v) is 2.89. The molecule has 0 unspecified atom stereocenters. The topological polar surface area (TPSA) is 62.3 Å². The van der Waals surface area contributed by atoms with Gasteiger partial charge in [-0.25, -0.2) is 9.37 Å². The van der Waals surface area contributed by atoms with Crippen LogP contribution < -0.4 is 11.2 Å². The number of rotatable bonds is 3. The van der Waals surface area contributed by atoms with Gasteiger partial charge in [0.25, 0.3) is 0 Å². The minimum absolute atomic E-state index is 0.286. The van der Waals surface area contributed by atoms with Gasteiger partial charge in [0.1, 0.15) is 5.52 Å². The van der Waals surface area contributed by atoms with Gasteiger partial charge in [-0.3, -0.25) is 0 Å². The van der Waals surface area contributed by atoms with Crippen molar-refractivity contribution < 1.29 is 13.7 Å². The zero-order chi connectivity index (χ0) is 17.9. The first-order chi connectivity index (χ1) is 11.0. The van der Waals surface area contributed by atoms with Crippen LogP contribution in [0.3, 0.4) is 0 Å². The molecule has 1 aliphatic rings. The van der Waals surface area contributed by atoms with Crippen molar-refractivity contribution in [2.75, 3.05) is 5.73 Å². The van der Waals surface area contributed by atoms with Crippen LogP contribution in [0.1, 0.15) is 41.5 Å². The molecule has 2 heterocycles. The number of hydrogen-bond donors (Lipinski definition) is 1. The SMILES string of the molecule is CC(C)Cn1c(N)nc2c(F)cc(B3OC(C)(C)C(C)(C)O3)cc21. The van der Waals surface area contributed by atoms with E-state index in [4.69, 9.17) is 15.0 Å². The highest BCUT2D eigenvalue weighted by Gasteiger charge is 2.51. The predicted octanol–water partition coefficient (Wildman–Crippen LogP) is 2.71. The molecule has 130 valence electrons. The number of aromatic nitrogens is 2. The summed E-state index contributed by atoms with van der Waals surface area (Å²) in [5.41, 5.74) is 6.64. The van der Waals surface area contributed by atoms with Crippen LogP contribution in [-0.4, -0.2) is 27.9 Å². The molecule has 24 heavy (non-hydrogen) atoms. The van der Waals surface area contributed by atoms with Crippen molar-refractivity contribution in [1.82, 2.24) is 9.55 Å². The maximum Gasteiger partial charge on any atom is 0.495 e. The van der Waals surface area contributed by atoms with E-state index >= 15 is 0 Å². The lowest BCUT2D eigenvalue weighted by atomic mass is 9.79. The van der Waals surface area contributed by atoms with Crippen LogP contribution in [0.25, 0.3) is 11.0 Å². The highest BCUT2D eigenvalue weighted by molar-refractivity contribution is 6.62. The summed E-state index contributed by atoms with van der Waals surface area (Å²) in [6.45, 7) is 12.7. The molecule has 0 radical (unpaired) electrons. The van der Waals surface area contributed by atoms with Crippen molar-refractivity contribution in [2.24, 2.45) is 5.92 Å². The zero-order valence-electron chi connectivity index (χ0n) is 15.2. The van der Waals surface area contributed by atoms with E-state index in [0.717, 1.165) is 0 Å². The number of imidazole rings is 1. The Morgan fingerprint density at radius 1 is 1.21 bits per heavy atom. The van der Waals surface area contributed by atoms with Crippen LogP contribution in [-0.2, 0) is 15.9 Å². The first kappa shape index (κ1) is 17.2. The van der Waals surface area contributed by atoms with Crippen molar-refractivity contribution in [3.63, 3.8) is 0 Å². The summed E-state index contributed by atoms with van der Waals surface area (Å²) in [5.74, 6) is 0.281. The highest BCUT2D eigenvalue weighted by atomic mass is 19.1. The second-order valence-corrected chi connectivity index (χ2v) is 7.93. The molecule has 1 saturated heterocycles. The number of benzene rings is 1. The van der Waals surface area contributed by atoms with Gasteiger partial charge in [-0.15, -0.1) is 0 Å². The van der Waals surface area contributed by atoms with Gasteiger partial charge in [0.05, 0.1) is 16.7 Å². The molecule has 5 nitrogen and oxygen atoms in total. The van der Waals surface area contributed by atoms with E-state index in [0.29, 0.717) is 29.4 Å². The lowest BCUT2D eigenvalue weighted by Gasteiger charge is -2.32. The normalized spacial score (nSPS) is 19.6. The average molecular weight is 333 g/mol. The smallest absolute Gasteiger partial charge is 0.399 e. The lowest BCUT2D eigenvalue weighted by Crippen LogP contribution is -2.41. The molecule has 0 amide bonds. The lowest BCUT2D eigenvalue weighted by molar-refractivity contribution is 0.00578. The Balaban J connectivity index is 2.08. The summed E-state index contributed by atoms with van der Waals surface area (Å²) in [5, 5.41) is 0. The van der Waals surface area contributed by atoms with Crippen molar-refractivity contribution in [3.8, 4) is 0 Å². The van der Waals surface area contributed by atoms with Crippen LogP contribution in [0.15, 0.2) is 12.1 Å². The maximum atomic E-state index is 14.6. The number of nitrogens with two attached hydrogens (primary N) is 1. The maximum absolute atomic E-state index is 14.6. The third kappa shape index (κ3) is 2.69. The fraction of sp³-hybridized carbons (Fsp3) is 0.588. The van der Waals surface area contributed by atoms with Crippen LogP contribution in [0.2, 0.25) is 0 Å². The summed E-state index contributed by atoms with van der Waals surface area (Å²) < 4.78 is 28.5. The summed E-state index contributed by atoms with van der Waals surface area (Å²) in [6.07, 6.45) is 0. The first-order valence-electron chi connectivity index (χ1n) is 8.32. The van der Waals surface area contributed by atoms with Crippen LogP contribution in [0.4, 0.5) is 10.3 Å². The minimum Gasteiger partial charge on any atom is -0.399 e. The third-order valence-corrected chi connectivity index (χ3v) is 4.93. The van der Waals surface area contributed by atoms with E-state index < -0.39 is 24.1 Å². The number of hydrogen-bond acceptors (Lipinski definition) is 4. The van der Waals surface area contributed by atoms with Gasteiger partial charge in [-0.2, -0.15) is 0 Å². The van der Waals surface area contributed by atoms with Gasteiger partial charge in [-0.05, 0) is 51.2 Å². The molecule has 1 aromatic carbocycles. The fourth-order valence-electron chi connectivity index (χ4n) is 2.89. The van der Waals surface area contributed by atoms with Crippen molar-refractivity contribution >= 4 is 29.6 Å². The van der Waals surface area contributed by atoms with Crippen molar-refractivity contribution in [3.05, 3.63) is 17.9 Å². The molecule has 0 aliphatic carbocycles. The Bertz CT molecular complexity index is 770. The molecule has 2 aromatic rings. The molecule has 0 spiro atoms. The van der Waals surface area contributed by atoms with Gasteiger partial charge >= 0.3 is 7.12 Å². The summed E-state index contributed by atoms with van der Waals surface area (Å²) in [4.78, 5) is 4.17. The van der Waals surface area contributed by atoms with Crippen molar-refractivity contribution in [1.29, 1.82) is 0 Å². The Morgan fingerprint density at radius 3 is 2.33 bits per heavy atom. The van der Waals surface area contributed by atoms with Gasteiger partial charge in [-0.1, -0.05) is 13.8 Å². The minimum atomic E-state index is -0.613. The molecule has 1 fully saturated rings. The molecule has 1 aliphatic heterocycles.